The summed E-state index contributed by atoms with van der Waals surface area (Å²) in [5.41, 5.74) is 12.0. The fourth-order valence-corrected chi connectivity index (χ4v) is 3.92. The Balaban J connectivity index is 2.21. The fourth-order valence-electron chi connectivity index (χ4n) is 3.92. The van der Waals surface area contributed by atoms with Gasteiger partial charge in [-0.1, -0.05) is 12.2 Å². The van der Waals surface area contributed by atoms with Crippen molar-refractivity contribution in [2.75, 3.05) is 52.1 Å². The lowest BCUT2D eigenvalue weighted by molar-refractivity contribution is 1.12. The maximum atomic E-state index is 4.52. The Morgan fingerprint density at radius 3 is 1.18 bits per heavy atom. The molecule has 4 nitrogen and oxygen atoms in total. The Morgan fingerprint density at radius 2 is 0.939 bits per heavy atom. The number of hydrogen-bond acceptors (Lipinski definition) is 4. The van der Waals surface area contributed by atoms with Crippen LogP contribution in [0.15, 0.2) is 46.4 Å². The van der Waals surface area contributed by atoms with Crippen molar-refractivity contribution in [2.24, 2.45) is 9.98 Å². The first-order valence-electron chi connectivity index (χ1n) is 11.4. The summed E-state index contributed by atoms with van der Waals surface area (Å²) in [6.07, 6.45) is 9.29. The molecule has 0 fully saturated rings. The van der Waals surface area contributed by atoms with Gasteiger partial charge in [-0.2, -0.15) is 0 Å². The van der Waals surface area contributed by atoms with E-state index in [9.17, 15) is 0 Å². The van der Waals surface area contributed by atoms with Crippen molar-refractivity contribution in [2.45, 2.75) is 34.1 Å². The van der Waals surface area contributed by atoms with Gasteiger partial charge in [0.25, 0.3) is 0 Å². The third-order valence-electron chi connectivity index (χ3n) is 6.01. The zero-order valence-corrected chi connectivity index (χ0v) is 22.1. The topological polar surface area (TPSA) is 31.2 Å². The van der Waals surface area contributed by atoms with E-state index in [1.807, 2.05) is 14.1 Å². The second-order valence-electron chi connectivity index (χ2n) is 9.05. The summed E-state index contributed by atoms with van der Waals surface area (Å²) in [7, 11) is 12.0. The van der Waals surface area contributed by atoms with Crippen LogP contribution in [-0.4, -0.2) is 53.7 Å². The number of aryl methyl sites for hydroxylation is 4. The third kappa shape index (κ3) is 6.92. The molecule has 4 heteroatoms. The predicted octanol–water partition coefficient (Wildman–Crippen LogP) is 6.31. The quantitative estimate of drug-likeness (QED) is 0.447. The van der Waals surface area contributed by atoms with Gasteiger partial charge in [-0.05, 0) is 97.5 Å². The molecule has 0 saturated carbocycles. The first-order valence-corrected chi connectivity index (χ1v) is 11.4. The standard InChI is InChI=1S/C29H40N4/c1-20-15-26(32(7)8)16-21(2)28(20)13-11-24(30-5)19-25(31-6)12-14-29-22(3)17-27(33(9)10)18-23(29)4/h11-18H,19H2,1-10H3/b13-11+,14-12+,30-24?,31-25?. The molecule has 0 aliphatic carbocycles. The molecular formula is C29H40N4. The van der Waals surface area contributed by atoms with Crippen molar-refractivity contribution < 1.29 is 0 Å². The second kappa shape index (κ2) is 11.6. The van der Waals surface area contributed by atoms with Gasteiger partial charge in [-0.25, -0.2) is 0 Å². The Kier molecular flexibility index (Phi) is 9.22. The fraction of sp³-hybridized carbons (Fsp3) is 0.379. The molecular weight excluding hydrogens is 404 g/mol. The maximum Gasteiger partial charge on any atom is 0.0404 e. The van der Waals surface area contributed by atoms with Crippen LogP contribution in [0.4, 0.5) is 11.4 Å². The van der Waals surface area contributed by atoms with Crippen molar-refractivity contribution in [3.8, 4) is 0 Å². The summed E-state index contributed by atoms with van der Waals surface area (Å²) >= 11 is 0. The van der Waals surface area contributed by atoms with Gasteiger partial charge < -0.3 is 9.80 Å². The molecule has 0 heterocycles. The minimum absolute atomic E-state index is 0.696. The number of rotatable bonds is 8. The molecule has 0 N–H and O–H groups in total. The molecule has 33 heavy (non-hydrogen) atoms. The Hall–Kier alpha value is -3.14. The monoisotopic (exact) mass is 444 g/mol. The molecule has 176 valence electrons. The van der Waals surface area contributed by atoms with Crippen molar-refractivity contribution in [3.05, 3.63) is 69.8 Å². The highest BCUT2D eigenvalue weighted by molar-refractivity contribution is 6.15. The maximum absolute atomic E-state index is 4.52. The van der Waals surface area contributed by atoms with Crippen molar-refractivity contribution in [1.29, 1.82) is 0 Å². The van der Waals surface area contributed by atoms with Crippen molar-refractivity contribution >= 4 is 35.0 Å². The number of hydrogen-bond donors (Lipinski definition) is 0. The zero-order chi connectivity index (χ0) is 24.7. The molecule has 2 aromatic rings. The van der Waals surface area contributed by atoms with Crippen LogP contribution >= 0.6 is 0 Å². The van der Waals surface area contributed by atoms with Gasteiger partial charge in [0.1, 0.15) is 0 Å². The average Bonchev–Trinajstić information content (AvgIpc) is 2.75. The van der Waals surface area contributed by atoms with Crippen LogP contribution in [0.25, 0.3) is 12.2 Å². The van der Waals surface area contributed by atoms with Crippen LogP contribution in [0.5, 0.6) is 0 Å². The van der Waals surface area contributed by atoms with E-state index in [4.69, 9.17) is 0 Å². The van der Waals surface area contributed by atoms with Gasteiger partial charge in [0, 0.05) is 71.5 Å². The second-order valence-corrected chi connectivity index (χ2v) is 9.05. The van der Waals surface area contributed by atoms with E-state index in [1.165, 1.54) is 44.8 Å². The van der Waals surface area contributed by atoms with Crippen molar-refractivity contribution in [1.82, 2.24) is 0 Å². The predicted molar refractivity (Wildman–Crippen MR) is 150 cm³/mol. The van der Waals surface area contributed by atoms with Crippen LogP contribution in [-0.2, 0) is 0 Å². The van der Waals surface area contributed by atoms with Gasteiger partial charge >= 0.3 is 0 Å². The average molecular weight is 445 g/mol. The highest BCUT2D eigenvalue weighted by Crippen LogP contribution is 2.24. The molecule has 0 unspecified atom stereocenters. The van der Waals surface area contributed by atoms with Gasteiger partial charge in [0.05, 0.1) is 0 Å². The molecule has 0 atom stereocenters. The van der Waals surface area contributed by atoms with Crippen LogP contribution in [0.1, 0.15) is 39.8 Å². The SMILES string of the molecule is CN=C(/C=C/c1c(C)cc(N(C)C)cc1C)CC(/C=C/c1c(C)cc(N(C)C)cc1C)=NC. The van der Waals surface area contributed by atoms with E-state index in [2.05, 4.69) is 124 Å². The lowest BCUT2D eigenvalue weighted by atomic mass is 9.99. The summed E-state index contributed by atoms with van der Waals surface area (Å²) < 4.78 is 0. The molecule has 0 amide bonds. The molecule has 0 aromatic heterocycles. The molecule has 2 aromatic carbocycles. The van der Waals surface area contributed by atoms with Gasteiger partial charge in [0.2, 0.25) is 0 Å². The molecule has 0 spiro atoms. The zero-order valence-electron chi connectivity index (χ0n) is 22.1. The van der Waals surface area contributed by atoms with E-state index in [1.54, 1.807) is 0 Å². The van der Waals surface area contributed by atoms with Crippen LogP contribution in [0, 0.1) is 27.7 Å². The Bertz CT molecular complexity index is 965. The largest absolute Gasteiger partial charge is 0.378 e. The summed E-state index contributed by atoms with van der Waals surface area (Å²) in [5, 5.41) is 0. The molecule has 0 bridgehead atoms. The van der Waals surface area contributed by atoms with E-state index in [-0.39, 0.29) is 0 Å². The highest BCUT2D eigenvalue weighted by atomic mass is 15.1. The Morgan fingerprint density at radius 1 is 0.636 bits per heavy atom. The van der Waals surface area contributed by atoms with Gasteiger partial charge in [0.15, 0.2) is 0 Å². The first-order chi connectivity index (χ1) is 15.6. The van der Waals surface area contributed by atoms with E-state index >= 15 is 0 Å². The summed E-state index contributed by atoms with van der Waals surface area (Å²) in [6.45, 7) is 8.65. The summed E-state index contributed by atoms with van der Waals surface area (Å²) in [4.78, 5) is 13.3. The minimum atomic E-state index is 0.696. The summed E-state index contributed by atoms with van der Waals surface area (Å²) in [5.74, 6) is 0. The number of allylic oxidation sites excluding steroid dienone is 2. The number of nitrogens with zero attached hydrogens (tertiary/aromatic N) is 4. The lowest BCUT2D eigenvalue weighted by Gasteiger charge is -2.16. The van der Waals surface area contributed by atoms with Crippen LogP contribution in [0.2, 0.25) is 0 Å². The molecule has 0 aliphatic heterocycles. The number of anilines is 2. The molecule has 0 radical (unpaired) electrons. The van der Waals surface area contributed by atoms with Gasteiger partial charge in [-0.15, -0.1) is 0 Å². The van der Waals surface area contributed by atoms with Gasteiger partial charge in [-0.3, -0.25) is 9.98 Å². The van der Waals surface area contributed by atoms with Crippen molar-refractivity contribution in [3.63, 3.8) is 0 Å². The van der Waals surface area contributed by atoms with E-state index in [0.29, 0.717) is 6.42 Å². The number of aliphatic imine (C=N–C) groups is 2. The van der Waals surface area contributed by atoms with Crippen LogP contribution < -0.4 is 9.80 Å². The highest BCUT2D eigenvalue weighted by Gasteiger charge is 2.07. The van der Waals surface area contributed by atoms with Crippen LogP contribution in [0.3, 0.4) is 0 Å². The van der Waals surface area contributed by atoms with E-state index in [0.717, 1.165) is 11.4 Å². The molecule has 2 rings (SSSR count). The lowest BCUT2D eigenvalue weighted by Crippen LogP contribution is -2.09. The smallest absolute Gasteiger partial charge is 0.0404 e. The number of benzene rings is 2. The molecule has 0 saturated heterocycles. The minimum Gasteiger partial charge on any atom is -0.378 e. The molecule has 0 aliphatic rings. The first kappa shape index (κ1) is 26.1. The van der Waals surface area contributed by atoms with E-state index < -0.39 is 0 Å². The Labute approximate surface area is 201 Å². The summed E-state index contributed by atoms with van der Waals surface area (Å²) in [6, 6.07) is 8.90. The third-order valence-corrected chi connectivity index (χ3v) is 6.01. The normalized spacial score (nSPS) is 12.8.